The molecule has 0 aliphatic carbocycles. The molecule has 1 unspecified atom stereocenters. The van der Waals surface area contributed by atoms with E-state index < -0.39 is 0 Å². The molecule has 0 bridgehead atoms. The van der Waals surface area contributed by atoms with Crippen LogP contribution in [-0.2, 0) is 11.3 Å². The zero-order valence-electron chi connectivity index (χ0n) is 10.4. The van der Waals surface area contributed by atoms with Crippen molar-refractivity contribution in [1.82, 2.24) is 10.3 Å². The van der Waals surface area contributed by atoms with Crippen LogP contribution in [0.1, 0.15) is 11.4 Å². The lowest BCUT2D eigenvalue weighted by atomic mass is 10.2. The van der Waals surface area contributed by atoms with Gasteiger partial charge in [-0.3, -0.25) is 0 Å². The maximum absolute atomic E-state index is 8.97. The zero-order valence-corrected chi connectivity index (χ0v) is 11.2. The predicted molar refractivity (Wildman–Crippen MR) is 73.8 cm³/mol. The largest absolute Gasteiger partial charge is 0.396 e. The van der Waals surface area contributed by atoms with Crippen LogP contribution in [0.25, 0.3) is 10.2 Å². The fourth-order valence-electron chi connectivity index (χ4n) is 1.83. The molecule has 0 saturated heterocycles. The van der Waals surface area contributed by atoms with Crippen molar-refractivity contribution in [2.24, 2.45) is 0 Å². The van der Waals surface area contributed by atoms with Gasteiger partial charge < -0.3 is 15.2 Å². The number of hydrogen-bond donors (Lipinski definition) is 2. The van der Waals surface area contributed by atoms with Crippen LogP contribution in [0.2, 0.25) is 0 Å². The topological polar surface area (TPSA) is 54.4 Å². The van der Waals surface area contributed by atoms with E-state index in [4.69, 9.17) is 9.84 Å². The number of ether oxygens (including phenoxy) is 1. The predicted octanol–water partition coefficient (Wildman–Crippen LogP) is 1.78. The first-order valence-corrected chi connectivity index (χ1v) is 6.82. The van der Waals surface area contributed by atoms with Gasteiger partial charge >= 0.3 is 0 Å². The van der Waals surface area contributed by atoms with Crippen LogP contribution in [0.5, 0.6) is 0 Å². The number of para-hydroxylation sites is 1. The number of thiazole rings is 1. The Morgan fingerprint density at radius 2 is 2.28 bits per heavy atom. The molecule has 4 nitrogen and oxygen atoms in total. The van der Waals surface area contributed by atoms with Crippen molar-refractivity contribution in [3.63, 3.8) is 0 Å². The molecule has 1 aromatic heterocycles. The molecule has 18 heavy (non-hydrogen) atoms. The van der Waals surface area contributed by atoms with Crippen molar-refractivity contribution in [3.05, 3.63) is 29.3 Å². The van der Waals surface area contributed by atoms with Crippen LogP contribution in [0, 0.1) is 0 Å². The van der Waals surface area contributed by atoms with Gasteiger partial charge in [0.1, 0.15) is 5.01 Å². The van der Waals surface area contributed by atoms with Gasteiger partial charge in [0.2, 0.25) is 0 Å². The lowest BCUT2D eigenvalue weighted by Gasteiger charge is -2.15. The number of rotatable bonds is 7. The van der Waals surface area contributed by atoms with Gasteiger partial charge in [0.25, 0.3) is 0 Å². The molecule has 2 N–H and O–H groups in total. The molecular weight excluding hydrogens is 248 g/mol. The summed E-state index contributed by atoms with van der Waals surface area (Å²) >= 11 is 1.70. The van der Waals surface area contributed by atoms with Crippen molar-refractivity contribution in [1.29, 1.82) is 0 Å². The molecule has 5 heteroatoms. The highest BCUT2D eigenvalue weighted by Gasteiger charge is 2.09. The Hall–Kier alpha value is -1.01. The number of aliphatic hydroxyl groups excluding tert-OH is 1. The third kappa shape index (κ3) is 3.49. The van der Waals surface area contributed by atoms with E-state index in [0.29, 0.717) is 19.6 Å². The summed E-state index contributed by atoms with van der Waals surface area (Å²) in [6.45, 7) is 1.49. The molecule has 0 saturated carbocycles. The van der Waals surface area contributed by atoms with E-state index in [9.17, 15) is 0 Å². The molecule has 1 heterocycles. The summed E-state index contributed by atoms with van der Waals surface area (Å²) in [5.74, 6) is 0. The van der Waals surface area contributed by atoms with E-state index in [0.717, 1.165) is 10.5 Å². The first-order valence-electron chi connectivity index (χ1n) is 6.01. The molecule has 2 rings (SSSR count). The maximum Gasteiger partial charge on any atom is 0.108 e. The Morgan fingerprint density at radius 1 is 1.44 bits per heavy atom. The first-order chi connectivity index (χ1) is 8.83. The van der Waals surface area contributed by atoms with Crippen LogP contribution >= 0.6 is 11.3 Å². The highest BCUT2D eigenvalue weighted by Crippen LogP contribution is 2.21. The number of aliphatic hydroxyl groups is 1. The molecule has 0 aliphatic heterocycles. The molecule has 0 fully saturated rings. The van der Waals surface area contributed by atoms with Crippen molar-refractivity contribution in [2.75, 3.05) is 20.3 Å². The minimum absolute atomic E-state index is 0.168. The Balaban J connectivity index is 1.95. The van der Waals surface area contributed by atoms with Gasteiger partial charge in [-0.15, -0.1) is 11.3 Å². The molecular formula is C13H18N2O2S. The summed E-state index contributed by atoms with van der Waals surface area (Å²) in [4.78, 5) is 4.56. The smallest absolute Gasteiger partial charge is 0.108 e. The minimum Gasteiger partial charge on any atom is -0.396 e. The monoisotopic (exact) mass is 266 g/mol. The average Bonchev–Trinajstić information content (AvgIpc) is 2.79. The van der Waals surface area contributed by atoms with Gasteiger partial charge in [-0.05, 0) is 18.6 Å². The summed E-state index contributed by atoms with van der Waals surface area (Å²) in [6.07, 6.45) is 0.693. The second-order valence-electron chi connectivity index (χ2n) is 4.12. The Morgan fingerprint density at radius 3 is 3.00 bits per heavy atom. The van der Waals surface area contributed by atoms with Crippen molar-refractivity contribution < 1.29 is 9.84 Å². The first kappa shape index (κ1) is 13.4. The minimum atomic E-state index is 0.168. The molecule has 1 atom stereocenters. The number of fused-ring (bicyclic) bond motifs is 1. The van der Waals surface area contributed by atoms with Crippen LogP contribution in [0.4, 0.5) is 0 Å². The van der Waals surface area contributed by atoms with Crippen LogP contribution in [0.15, 0.2) is 24.3 Å². The SMILES string of the molecule is COCC(CCO)NCc1nc2ccccc2s1. The second kappa shape index (κ2) is 6.80. The number of aromatic nitrogens is 1. The van der Waals surface area contributed by atoms with Crippen LogP contribution in [-0.4, -0.2) is 36.5 Å². The standard InChI is InChI=1S/C13H18N2O2S/c1-17-9-10(6-7-16)14-8-13-15-11-4-2-3-5-12(11)18-13/h2-5,10,14,16H,6-9H2,1H3. The van der Waals surface area contributed by atoms with E-state index in [1.165, 1.54) is 4.70 Å². The number of methoxy groups -OCH3 is 1. The molecule has 0 spiro atoms. The number of benzene rings is 1. The van der Waals surface area contributed by atoms with E-state index in [1.807, 2.05) is 18.2 Å². The molecule has 98 valence electrons. The highest BCUT2D eigenvalue weighted by molar-refractivity contribution is 7.18. The lowest BCUT2D eigenvalue weighted by Crippen LogP contribution is -2.33. The Bertz CT molecular complexity index is 448. The number of nitrogens with one attached hydrogen (secondary N) is 1. The molecule has 0 aliphatic rings. The quantitative estimate of drug-likeness (QED) is 0.802. The average molecular weight is 266 g/mol. The van der Waals surface area contributed by atoms with E-state index in [1.54, 1.807) is 18.4 Å². The molecule has 0 radical (unpaired) electrons. The van der Waals surface area contributed by atoms with Gasteiger partial charge in [0.15, 0.2) is 0 Å². The third-order valence-corrected chi connectivity index (χ3v) is 3.76. The molecule has 1 aromatic carbocycles. The fourth-order valence-corrected chi connectivity index (χ4v) is 2.75. The summed E-state index contributed by atoms with van der Waals surface area (Å²) in [5, 5.41) is 13.4. The maximum atomic E-state index is 8.97. The van der Waals surface area contributed by atoms with Gasteiger partial charge in [-0.2, -0.15) is 0 Å². The van der Waals surface area contributed by atoms with E-state index >= 15 is 0 Å². The van der Waals surface area contributed by atoms with Gasteiger partial charge in [-0.1, -0.05) is 12.1 Å². The molecule has 2 aromatic rings. The number of nitrogens with zero attached hydrogens (tertiary/aromatic N) is 1. The summed E-state index contributed by atoms with van der Waals surface area (Å²) in [5.41, 5.74) is 1.05. The molecule has 0 amide bonds. The van der Waals surface area contributed by atoms with E-state index in [2.05, 4.69) is 16.4 Å². The van der Waals surface area contributed by atoms with Crippen molar-refractivity contribution >= 4 is 21.6 Å². The highest BCUT2D eigenvalue weighted by atomic mass is 32.1. The second-order valence-corrected chi connectivity index (χ2v) is 5.24. The van der Waals surface area contributed by atoms with Gasteiger partial charge in [0.05, 0.1) is 16.8 Å². The normalized spacial score (nSPS) is 13.0. The van der Waals surface area contributed by atoms with E-state index in [-0.39, 0.29) is 12.6 Å². The van der Waals surface area contributed by atoms with Gasteiger partial charge in [-0.25, -0.2) is 4.98 Å². The summed E-state index contributed by atoms with van der Waals surface area (Å²) < 4.78 is 6.32. The zero-order chi connectivity index (χ0) is 12.8. The van der Waals surface area contributed by atoms with Crippen LogP contribution in [0.3, 0.4) is 0 Å². The number of hydrogen-bond acceptors (Lipinski definition) is 5. The lowest BCUT2D eigenvalue weighted by molar-refractivity contribution is 0.148. The van der Waals surface area contributed by atoms with Crippen molar-refractivity contribution in [2.45, 2.75) is 19.0 Å². The summed E-state index contributed by atoms with van der Waals surface area (Å²) in [6, 6.07) is 8.30. The van der Waals surface area contributed by atoms with Crippen molar-refractivity contribution in [3.8, 4) is 0 Å². The van der Waals surface area contributed by atoms with Crippen LogP contribution < -0.4 is 5.32 Å². The fraction of sp³-hybridized carbons (Fsp3) is 0.462. The third-order valence-electron chi connectivity index (χ3n) is 2.73. The summed E-state index contributed by atoms with van der Waals surface area (Å²) in [7, 11) is 1.67. The van der Waals surface area contributed by atoms with Gasteiger partial charge in [0, 0.05) is 26.3 Å². The Labute approximate surface area is 111 Å². The Kier molecular flexibility index (Phi) is 5.07.